The van der Waals surface area contributed by atoms with Crippen molar-refractivity contribution >= 4 is 22.3 Å². The van der Waals surface area contributed by atoms with Crippen LogP contribution in [0.3, 0.4) is 0 Å². The predicted molar refractivity (Wildman–Crippen MR) is 101 cm³/mol. The fourth-order valence-electron chi connectivity index (χ4n) is 2.81. The molecule has 0 bridgehead atoms. The first kappa shape index (κ1) is 18.8. The van der Waals surface area contributed by atoms with Gasteiger partial charge in [-0.15, -0.1) is 10.2 Å². The van der Waals surface area contributed by atoms with Gasteiger partial charge in [0, 0.05) is 17.1 Å². The first-order valence-electron chi connectivity index (χ1n) is 8.74. The van der Waals surface area contributed by atoms with Gasteiger partial charge in [-0.1, -0.05) is 17.3 Å². The van der Waals surface area contributed by atoms with Crippen molar-refractivity contribution in [2.45, 2.75) is 12.8 Å². The number of aromatic nitrogens is 5. The van der Waals surface area contributed by atoms with E-state index in [2.05, 4.69) is 25.4 Å². The van der Waals surface area contributed by atoms with Crippen molar-refractivity contribution in [3.8, 4) is 0 Å². The number of hydrogen-bond donors (Lipinski definition) is 1. The molecule has 0 aliphatic carbocycles. The molecule has 0 saturated carbocycles. The number of aliphatic hydroxyl groups excluding tert-OH is 1. The summed E-state index contributed by atoms with van der Waals surface area (Å²) in [7, 11) is 0. The minimum Gasteiger partial charge on any atom is -0.393 e. The molecule has 0 fully saturated rings. The molecule has 1 aromatic carbocycles. The maximum absolute atomic E-state index is 15.3. The summed E-state index contributed by atoms with van der Waals surface area (Å²) in [5, 5.41) is 24.8. The summed E-state index contributed by atoms with van der Waals surface area (Å²) in [6.45, 7) is 1.45. The lowest BCUT2D eigenvalue weighted by molar-refractivity contribution is 0.0307. The van der Waals surface area contributed by atoms with E-state index in [4.69, 9.17) is 9.94 Å². The molecule has 3 heterocycles. The van der Waals surface area contributed by atoms with Gasteiger partial charge in [-0.25, -0.2) is 0 Å². The van der Waals surface area contributed by atoms with E-state index in [1.54, 1.807) is 31.3 Å². The third kappa shape index (κ3) is 3.49. The van der Waals surface area contributed by atoms with Crippen molar-refractivity contribution in [3.05, 3.63) is 65.7 Å². The van der Waals surface area contributed by atoms with Crippen LogP contribution < -0.4 is 0 Å². The molecule has 3 aromatic heterocycles. The number of hydrogen-bond acceptors (Lipinski definition) is 7. The highest BCUT2D eigenvalue weighted by Crippen LogP contribution is 2.35. The van der Waals surface area contributed by atoms with Gasteiger partial charge in [-0.05, 0) is 37.3 Å². The Hall–Kier alpha value is -3.53. The molecule has 8 nitrogen and oxygen atoms in total. The predicted octanol–water partition coefficient (Wildman–Crippen LogP) is 2.55. The van der Waals surface area contributed by atoms with Crippen LogP contribution in [0, 0.1) is 0 Å². The second kappa shape index (κ2) is 7.47. The second-order valence-electron chi connectivity index (χ2n) is 6.23. The Morgan fingerprint density at radius 3 is 2.90 bits per heavy atom. The van der Waals surface area contributed by atoms with Crippen LogP contribution in [-0.2, 0) is 10.8 Å². The molecule has 0 spiro atoms. The van der Waals surface area contributed by atoms with Crippen molar-refractivity contribution in [2.24, 2.45) is 5.16 Å². The Balaban J connectivity index is 1.77. The van der Waals surface area contributed by atoms with Gasteiger partial charge < -0.3 is 9.94 Å². The highest BCUT2D eigenvalue weighted by molar-refractivity contribution is 5.96. The van der Waals surface area contributed by atoms with Crippen LogP contribution in [0.25, 0.3) is 16.6 Å². The summed E-state index contributed by atoms with van der Waals surface area (Å²) in [6.07, 6.45) is 1.60. The van der Waals surface area contributed by atoms with Crippen molar-refractivity contribution in [3.63, 3.8) is 0 Å². The average Bonchev–Trinajstić information content (AvgIpc) is 3.17. The molecule has 4 aromatic rings. The normalized spacial score (nSPS) is 12.6. The minimum atomic E-state index is -3.44. The fraction of sp³-hybridized carbons (Fsp3) is 0.211. The molecule has 148 valence electrons. The molecule has 29 heavy (non-hydrogen) atoms. The number of aliphatic hydroxyl groups is 1. The van der Waals surface area contributed by atoms with Crippen molar-refractivity contribution in [2.75, 3.05) is 13.2 Å². The maximum Gasteiger partial charge on any atom is 0.333 e. The second-order valence-corrected chi connectivity index (χ2v) is 6.23. The van der Waals surface area contributed by atoms with Crippen LogP contribution in [0.2, 0.25) is 0 Å². The van der Waals surface area contributed by atoms with E-state index in [1.807, 2.05) is 0 Å². The quantitative estimate of drug-likeness (QED) is 0.305. The minimum absolute atomic E-state index is 0.0202. The van der Waals surface area contributed by atoms with Gasteiger partial charge in [-0.2, -0.15) is 18.4 Å². The summed E-state index contributed by atoms with van der Waals surface area (Å²) >= 11 is 0. The molecular weight excluding hydrogens is 382 g/mol. The molecule has 10 heteroatoms. The van der Waals surface area contributed by atoms with Crippen LogP contribution in [0.4, 0.5) is 8.78 Å². The third-order valence-electron chi connectivity index (χ3n) is 4.26. The van der Waals surface area contributed by atoms with Gasteiger partial charge in [0.1, 0.15) is 18.0 Å². The summed E-state index contributed by atoms with van der Waals surface area (Å²) in [4.78, 5) is 9.05. The molecule has 0 saturated heterocycles. The van der Waals surface area contributed by atoms with Crippen LogP contribution >= 0.6 is 0 Å². The van der Waals surface area contributed by atoms with E-state index in [0.717, 1.165) is 4.52 Å². The summed E-state index contributed by atoms with van der Waals surface area (Å²) in [6, 6.07) is 10.7. The number of pyridine rings is 1. The average molecular weight is 398 g/mol. The molecule has 0 amide bonds. The molecule has 4 rings (SSSR count). The third-order valence-corrected chi connectivity index (χ3v) is 4.26. The van der Waals surface area contributed by atoms with Gasteiger partial charge in [0.2, 0.25) is 5.82 Å². The molecule has 0 aliphatic rings. The SMILES string of the molecule is CC(=NOCCO)c1ccc2nnc(C(F)(F)c3ccc4ncccc4c3)n2n1. The summed E-state index contributed by atoms with van der Waals surface area (Å²) in [5.41, 5.74) is 1.23. The topological polar surface area (TPSA) is 97.8 Å². The van der Waals surface area contributed by atoms with Gasteiger partial charge in [0.15, 0.2) is 5.65 Å². The lowest BCUT2D eigenvalue weighted by Crippen LogP contribution is -2.21. The molecular formula is C19H16F2N6O2. The van der Waals surface area contributed by atoms with Gasteiger partial charge in [-0.3, -0.25) is 4.98 Å². The number of alkyl halides is 2. The number of fused-ring (bicyclic) bond motifs is 2. The summed E-state index contributed by atoms with van der Waals surface area (Å²) in [5.74, 6) is -4.05. The Morgan fingerprint density at radius 1 is 1.21 bits per heavy atom. The van der Waals surface area contributed by atoms with Crippen molar-refractivity contribution < 1.29 is 18.7 Å². The van der Waals surface area contributed by atoms with Gasteiger partial charge >= 0.3 is 5.92 Å². The molecule has 0 atom stereocenters. The van der Waals surface area contributed by atoms with Gasteiger partial charge in [0.05, 0.1) is 12.1 Å². The first-order valence-corrected chi connectivity index (χ1v) is 8.74. The zero-order chi connectivity index (χ0) is 20.4. The first-order chi connectivity index (χ1) is 14.0. The molecule has 0 aliphatic heterocycles. The summed E-state index contributed by atoms with van der Waals surface area (Å²) < 4.78 is 31.6. The van der Waals surface area contributed by atoms with E-state index in [0.29, 0.717) is 22.3 Å². The number of oxime groups is 1. The fourth-order valence-corrected chi connectivity index (χ4v) is 2.81. The Morgan fingerprint density at radius 2 is 2.07 bits per heavy atom. The zero-order valence-corrected chi connectivity index (χ0v) is 15.3. The van der Waals surface area contributed by atoms with E-state index in [9.17, 15) is 0 Å². The van der Waals surface area contributed by atoms with Crippen LogP contribution in [-0.4, -0.2) is 48.8 Å². The van der Waals surface area contributed by atoms with E-state index in [1.165, 1.54) is 24.3 Å². The number of rotatable bonds is 6. The zero-order valence-electron chi connectivity index (χ0n) is 15.3. The maximum atomic E-state index is 15.3. The largest absolute Gasteiger partial charge is 0.393 e. The van der Waals surface area contributed by atoms with Crippen molar-refractivity contribution in [1.29, 1.82) is 0 Å². The number of nitrogens with zero attached hydrogens (tertiary/aromatic N) is 6. The van der Waals surface area contributed by atoms with Crippen LogP contribution in [0.1, 0.15) is 24.0 Å². The standard InChI is InChI=1S/C19H16F2N6O2/c1-12(26-29-10-9-28)15-6-7-17-23-24-18(27(17)25-15)19(20,21)14-4-5-16-13(11-14)3-2-8-22-16/h2-8,11,28H,9-10H2,1H3. The lowest BCUT2D eigenvalue weighted by Gasteiger charge is -2.15. The van der Waals surface area contributed by atoms with Crippen LogP contribution in [0.15, 0.2) is 53.8 Å². The lowest BCUT2D eigenvalue weighted by atomic mass is 10.0. The van der Waals surface area contributed by atoms with Crippen LogP contribution in [0.5, 0.6) is 0 Å². The van der Waals surface area contributed by atoms with Crippen molar-refractivity contribution in [1.82, 2.24) is 24.8 Å². The Labute approximate surface area is 163 Å². The highest BCUT2D eigenvalue weighted by atomic mass is 19.3. The Kier molecular flexibility index (Phi) is 4.85. The van der Waals surface area contributed by atoms with E-state index in [-0.39, 0.29) is 24.4 Å². The molecule has 0 radical (unpaired) electrons. The number of halogens is 2. The number of benzene rings is 1. The smallest absolute Gasteiger partial charge is 0.333 e. The van der Waals surface area contributed by atoms with E-state index < -0.39 is 11.7 Å². The monoisotopic (exact) mass is 398 g/mol. The highest BCUT2D eigenvalue weighted by Gasteiger charge is 2.40. The van der Waals surface area contributed by atoms with E-state index >= 15 is 8.78 Å². The molecule has 1 N–H and O–H groups in total. The molecule has 0 unspecified atom stereocenters. The Bertz CT molecular complexity index is 1210. The van der Waals surface area contributed by atoms with Gasteiger partial charge in [0.25, 0.3) is 0 Å².